The fourth-order valence-corrected chi connectivity index (χ4v) is 2.75. The first-order valence-corrected chi connectivity index (χ1v) is 6.04. The molecule has 2 N–H and O–H groups in total. The van der Waals surface area contributed by atoms with Gasteiger partial charge in [-0.25, -0.2) is 0 Å². The molecular formula is C9H5BrClIN2. The van der Waals surface area contributed by atoms with Gasteiger partial charge in [-0.3, -0.25) is 4.98 Å². The van der Waals surface area contributed by atoms with E-state index in [1.807, 2.05) is 12.1 Å². The fraction of sp³-hybridized carbons (Fsp3) is 0. The second-order valence-corrected chi connectivity index (χ2v) is 5.17. The Kier molecular flexibility index (Phi) is 2.86. The van der Waals surface area contributed by atoms with Gasteiger partial charge in [0.15, 0.2) is 0 Å². The van der Waals surface area contributed by atoms with Crippen LogP contribution in [0.5, 0.6) is 0 Å². The van der Waals surface area contributed by atoms with E-state index in [1.165, 1.54) is 0 Å². The number of pyridine rings is 1. The Morgan fingerprint density at radius 2 is 2.14 bits per heavy atom. The number of hydrogen-bond donors (Lipinski definition) is 1. The SMILES string of the molecule is Nc1cnc2c(Br)ccc(I)c2c1Cl. The van der Waals surface area contributed by atoms with Crippen molar-refractivity contribution >= 4 is 66.7 Å². The predicted octanol–water partition coefficient (Wildman–Crippen LogP) is 3.84. The minimum absolute atomic E-state index is 0.509. The fourth-order valence-electron chi connectivity index (χ4n) is 1.21. The molecule has 0 saturated carbocycles. The number of anilines is 1. The monoisotopic (exact) mass is 382 g/mol. The van der Waals surface area contributed by atoms with Crippen molar-refractivity contribution in [3.05, 3.63) is 31.4 Å². The van der Waals surface area contributed by atoms with E-state index in [2.05, 4.69) is 43.5 Å². The smallest absolute Gasteiger partial charge is 0.0871 e. The van der Waals surface area contributed by atoms with Crippen LogP contribution in [-0.4, -0.2) is 4.98 Å². The van der Waals surface area contributed by atoms with Crippen LogP contribution in [0.3, 0.4) is 0 Å². The van der Waals surface area contributed by atoms with Crippen LogP contribution in [0.15, 0.2) is 22.8 Å². The normalized spacial score (nSPS) is 10.8. The summed E-state index contributed by atoms with van der Waals surface area (Å²) in [4.78, 5) is 4.24. The van der Waals surface area contributed by atoms with Gasteiger partial charge in [0.1, 0.15) is 0 Å². The number of nitrogen functional groups attached to an aromatic ring is 1. The average molecular weight is 383 g/mol. The lowest BCUT2D eigenvalue weighted by atomic mass is 10.2. The van der Waals surface area contributed by atoms with E-state index in [4.69, 9.17) is 17.3 Å². The van der Waals surface area contributed by atoms with Crippen LogP contribution in [0.1, 0.15) is 0 Å². The molecule has 0 atom stereocenters. The van der Waals surface area contributed by atoms with Crippen molar-refractivity contribution in [2.75, 3.05) is 5.73 Å². The summed E-state index contributed by atoms with van der Waals surface area (Å²) in [7, 11) is 0. The summed E-state index contributed by atoms with van der Waals surface area (Å²) in [6.07, 6.45) is 1.57. The number of nitrogens with zero attached hydrogens (tertiary/aromatic N) is 1. The molecule has 0 saturated heterocycles. The van der Waals surface area contributed by atoms with Crippen LogP contribution >= 0.6 is 50.1 Å². The molecule has 0 bridgehead atoms. The first kappa shape index (κ1) is 10.4. The molecule has 0 aliphatic rings. The third-order valence-corrected chi connectivity index (χ3v) is 3.83. The minimum Gasteiger partial charge on any atom is -0.396 e. The largest absolute Gasteiger partial charge is 0.396 e. The molecule has 5 heteroatoms. The highest BCUT2D eigenvalue weighted by Crippen LogP contribution is 2.34. The van der Waals surface area contributed by atoms with Gasteiger partial charge in [0, 0.05) is 13.4 Å². The third-order valence-electron chi connectivity index (χ3n) is 1.88. The molecule has 0 spiro atoms. The van der Waals surface area contributed by atoms with E-state index in [9.17, 15) is 0 Å². The molecule has 1 aromatic heterocycles. The highest BCUT2D eigenvalue weighted by molar-refractivity contribution is 14.1. The lowest BCUT2D eigenvalue weighted by Crippen LogP contribution is -1.92. The molecule has 0 unspecified atom stereocenters. The Bertz CT molecular complexity index is 516. The van der Waals surface area contributed by atoms with Crippen LogP contribution in [-0.2, 0) is 0 Å². The zero-order valence-corrected chi connectivity index (χ0v) is 11.4. The molecule has 14 heavy (non-hydrogen) atoms. The van der Waals surface area contributed by atoms with Crippen LogP contribution in [0, 0.1) is 3.57 Å². The van der Waals surface area contributed by atoms with Gasteiger partial charge in [-0.1, -0.05) is 11.6 Å². The van der Waals surface area contributed by atoms with Crippen molar-refractivity contribution < 1.29 is 0 Å². The summed E-state index contributed by atoms with van der Waals surface area (Å²) in [5, 5.41) is 1.47. The van der Waals surface area contributed by atoms with E-state index in [1.54, 1.807) is 6.20 Å². The van der Waals surface area contributed by atoms with Gasteiger partial charge in [-0.15, -0.1) is 0 Å². The topological polar surface area (TPSA) is 38.9 Å². The molecule has 1 heterocycles. The standard InChI is InChI=1S/C9H5BrClIN2/c10-4-1-2-5(12)7-8(11)6(13)3-14-9(4)7/h1-3H,13H2. The summed E-state index contributed by atoms with van der Waals surface area (Å²) < 4.78 is 1.97. The first-order valence-electron chi connectivity index (χ1n) is 3.79. The summed E-state index contributed by atoms with van der Waals surface area (Å²) >= 11 is 11.8. The summed E-state index contributed by atoms with van der Waals surface area (Å²) in [6.45, 7) is 0. The van der Waals surface area contributed by atoms with Crippen LogP contribution < -0.4 is 5.73 Å². The van der Waals surface area contributed by atoms with Crippen LogP contribution in [0.4, 0.5) is 5.69 Å². The molecule has 1 aromatic carbocycles. The number of hydrogen-bond acceptors (Lipinski definition) is 2. The van der Waals surface area contributed by atoms with E-state index in [0.717, 1.165) is 18.9 Å². The van der Waals surface area contributed by atoms with E-state index < -0.39 is 0 Å². The zero-order valence-electron chi connectivity index (χ0n) is 6.89. The van der Waals surface area contributed by atoms with E-state index in [0.29, 0.717) is 10.7 Å². The molecular weight excluding hydrogens is 378 g/mol. The van der Waals surface area contributed by atoms with Crippen LogP contribution in [0.25, 0.3) is 10.9 Å². The van der Waals surface area contributed by atoms with Gasteiger partial charge < -0.3 is 5.73 Å². The number of benzene rings is 1. The van der Waals surface area contributed by atoms with Crippen molar-refractivity contribution in [3.8, 4) is 0 Å². The van der Waals surface area contributed by atoms with E-state index >= 15 is 0 Å². The van der Waals surface area contributed by atoms with Crippen molar-refractivity contribution in [2.45, 2.75) is 0 Å². The molecule has 2 rings (SSSR count). The van der Waals surface area contributed by atoms with Gasteiger partial charge in [0.05, 0.1) is 22.4 Å². The number of halogens is 3. The maximum Gasteiger partial charge on any atom is 0.0871 e. The van der Waals surface area contributed by atoms with Gasteiger partial charge in [0.25, 0.3) is 0 Å². The predicted molar refractivity (Wildman–Crippen MR) is 71.6 cm³/mol. The van der Waals surface area contributed by atoms with Crippen molar-refractivity contribution in [3.63, 3.8) is 0 Å². The Morgan fingerprint density at radius 1 is 1.43 bits per heavy atom. The Labute approximate surface area is 108 Å². The Morgan fingerprint density at radius 3 is 2.86 bits per heavy atom. The number of aromatic nitrogens is 1. The molecule has 0 amide bonds. The molecule has 2 nitrogen and oxygen atoms in total. The highest BCUT2D eigenvalue weighted by Gasteiger charge is 2.09. The second-order valence-electron chi connectivity index (χ2n) is 2.78. The summed E-state index contributed by atoms with van der Waals surface area (Å²) in [6, 6.07) is 3.92. The van der Waals surface area contributed by atoms with Gasteiger partial charge >= 0.3 is 0 Å². The Hall–Kier alpha value is -0.0700. The molecule has 0 aliphatic heterocycles. The first-order chi connectivity index (χ1) is 6.61. The average Bonchev–Trinajstić information content (AvgIpc) is 2.16. The Balaban J connectivity index is 3.01. The maximum atomic E-state index is 6.11. The quantitative estimate of drug-likeness (QED) is 0.702. The molecule has 72 valence electrons. The van der Waals surface area contributed by atoms with Gasteiger partial charge in [-0.05, 0) is 50.7 Å². The van der Waals surface area contributed by atoms with Crippen molar-refractivity contribution in [1.29, 1.82) is 0 Å². The number of rotatable bonds is 0. The summed E-state index contributed by atoms with van der Waals surface area (Å²) in [5.74, 6) is 0. The van der Waals surface area contributed by atoms with E-state index in [-0.39, 0.29) is 0 Å². The van der Waals surface area contributed by atoms with Crippen molar-refractivity contribution in [2.24, 2.45) is 0 Å². The van der Waals surface area contributed by atoms with Gasteiger partial charge in [-0.2, -0.15) is 0 Å². The molecule has 0 aliphatic carbocycles. The lowest BCUT2D eigenvalue weighted by molar-refractivity contribution is 1.40. The zero-order chi connectivity index (χ0) is 10.3. The lowest BCUT2D eigenvalue weighted by Gasteiger charge is -2.06. The second kappa shape index (κ2) is 3.83. The maximum absolute atomic E-state index is 6.11. The molecule has 2 aromatic rings. The van der Waals surface area contributed by atoms with Gasteiger partial charge in [0.2, 0.25) is 0 Å². The highest BCUT2D eigenvalue weighted by atomic mass is 127. The molecule has 0 fully saturated rings. The number of nitrogens with two attached hydrogens (primary N) is 1. The summed E-state index contributed by atoms with van der Waals surface area (Å²) in [5.41, 5.74) is 7.04. The number of fused-ring (bicyclic) bond motifs is 1. The van der Waals surface area contributed by atoms with Crippen LogP contribution in [0.2, 0.25) is 5.02 Å². The molecule has 0 radical (unpaired) electrons. The minimum atomic E-state index is 0.509. The van der Waals surface area contributed by atoms with Crippen molar-refractivity contribution in [1.82, 2.24) is 4.98 Å². The third kappa shape index (κ3) is 1.59.